The van der Waals surface area contributed by atoms with E-state index in [0.717, 1.165) is 31.6 Å². The van der Waals surface area contributed by atoms with Crippen molar-refractivity contribution in [3.05, 3.63) is 47.9 Å². The summed E-state index contributed by atoms with van der Waals surface area (Å²) in [6.45, 7) is 8.73. The standard InChI is InChI=1S/C22H28N6O/c1-22(2,3)17-4-6-18(7-5-17)27-21(29)26-15-16-8-12-28(13-9-16)20-19(14-23)24-10-11-25-20/h4-7,10-11,16H,8-9,12-13,15H2,1-3H3,(H2,26,27,29). The van der Waals surface area contributed by atoms with Crippen molar-refractivity contribution in [2.75, 3.05) is 29.9 Å². The molecule has 152 valence electrons. The Bertz CT molecular complexity index is 873. The number of hydrogen-bond acceptors (Lipinski definition) is 5. The van der Waals surface area contributed by atoms with E-state index in [-0.39, 0.29) is 11.4 Å². The number of hydrogen-bond donors (Lipinski definition) is 2. The zero-order chi connectivity index (χ0) is 20.9. The fourth-order valence-electron chi connectivity index (χ4n) is 3.46. The van der Waals surface area contributed by atoms with E-state index in [2.05, 4.69) is 52.3 Å². The van der Waals surface area contributed by atoms with Crippen LogP contribution in [0.4, 0.5) is 16.3 Å². The third kappa shape index (κ3) is 5.44. The van der Waals surface area contributed by atoms with Crippen LogP contribution in [0, 0.1) is 17.2 Å². The van der Waals surface area contributed by atoms with Gasteiger partial charge in [0.2, 0.25) is 0 Å². The second-order valence-corrected chi connectivity index (χ2v) is 8.43. The zero-order valence-corrected chi connectivity index (χ0v) is 17.3. The van der Waals surface area contributed by atoms with Crippen LogP contribution in [0.15, 0.2) is 36.7 Å². The van der Waals surface area contributed by atoms with Crippen molar-refractivity contribution in [3.8, 4) is 6.07 Å². The Balaban J connectivity index is 1.44. The molecule has 2 heterocycles. The Kier molecular flexibility index (Phi) is 6.32. The van der Waals surface area contributed by atoms with Crippen LogP contribution in [0.25, 0.3) is 0 Å². The molecular weight excluding hydrogens is 364 g/mol. The summed E-state index contributed by atoms with van der Waals surface area (Å²) in [5.74, 6) is 1.06. The maximum absolute atomic E-state index is 12.2. The van der Waals surface area contributed by atoms with Crippen LogP contribution in [0.1, 0.15) is 44.9 Å². The summed E-state index contributed by atoms with van der Waals surface area (Å²) in [7, 11) is 0. The summed E-state index contributed by atoms with van der Waals surface area (Å²) in [4.78, 5) is 22.7. The highest BCUT2D eigenvalue weighted by Crippen LogP contribution is 2.24. The van der Waals surface area contributed by atoms with E-state index >= 15 is 0 Å². The lowest BCUT2D eigenvalue weighted by Gasteiger charge is -2.32. The Labute approximate surface area is 172 Å². The lowest BCUT2D eigenvalue weighted by molar-refractivity contribution is 0.248. The first-order chi connectivity index (χ1) is 13.9. The fourth-order valence-corrected chi connectivity index (χ4v) is 3.46. The number of anilines is 2. The highest BCUT2D eigenvalue weighted by Gasteiger charge is 2.22. The molecule has 1 aliphatic heterocycles. The summed E-state index contributed by atoms with van der Waals surface area (Å²) in [5, 5.41) is 15.1. The zero-order valence-electron chi connectivity index (χ0n) is 17.3. The van der Waals surface area contributed by atoms with Crippen molar-refractivity contribution in [1.29, 1.82) is 5.26 Å². The van der Waals surface area contributed by atoms with Gasteiger partial charge in [-0.1, -0.05) is 32.9 Å². The van der Waals surface area contributed by atoms with Crippen molar-refractivity contribution in [3.63, 3.8) is 0 Å². The molecule has 0 unspecified atom stereocenters. The average Bonchev–Trinajstić information content (AvgIpc) is 2.72. The monoisotopic (exact) mass is 392 g/mol. The molecule has 1 saturated heterocycles. The van der Waals surface area contributed by atoms with Gasteiger partial charge in [-0.3, -0.25) is 0 Å². The number of carbonyl (C=O) groups is 1. The SMILES string of the molecule is CC(C)(C)c1ccc(NC(=O)NCC2CCN(c3nccnc3C#N)CC2)cc1. The molecule has 1 aromatic carbocycles. The van der Waals surface area contributed by atoms with Crippen molar-refractivity contribution >= 4 is 17.5 Å². The summed E-state index contributed by atoms with van der Waals surface area (Å²) < 4.78 is 0. The van der Waals surface area contributed by atoms with Gasteiger partial charge in [0.15, 0.2) is 11.5 Å². The first-order valence-electron chi connectivity index (χ1n) is 9.98. The Morgan fingerprint density at radius 3 is 2.45 bits per heavy atom. The van der Waals surface area contributed by atoms with Gasteiger partial charge < -0.3 is 15.5 Å². The van der Waals surface area contributed by atoms with Gasteiger partial charge in [0.05, 0.1) is 0 Å². The molecule has 7 nitrogen and oxygen atoms in total. The molecule has 7 heteroatoms. The number of nitrogens with zero attached hydrogens (tertiary/aromatic N) is 4. The summed E-state index contributed by atoms with van der Waals surface area (Å²) in [5.41, 5.74) is 2.48. The van der Waals surface area contributed by atoms with Gasteiger partial charge in [-0.15, -0.1) is 0 Å². The Morgan fingerprint density at radius 2 is 1.83 bits per heavy atom. The first kappa shape index (κ1) is 20.6. The van der Waals surface area contributed by atoms with Gasteiger partial charge in [0.1, 0.15) is 6.07 Å². The molecule has 0 radical (unpaired) electrons. The summed E-state index contributed by atoms with van der Waals surface area (Å²) in [6, 6.07) is 9.89. The summed E-state index contributed by atoms with van der Waals surface area (Å²) >= 11 is 0. The number of nitriles is 1. The number of piperidine rings is 1. The van der Waals surface area contributed by atoms with Gasteiger partial charge in [-0.25, -0.2) is 14.8 Å². The van der Waals surface area contributed by atoms with Crippen LogP contribution in [-0.2, 0) is 5.41 Å². The first-order valence-corrected chi connectivity index (χ1v) is 9.98. The van der Waals surface area contributed by atoms with Crippen molar-refractivity contribution < 1.29 is 4.79 Å². The molecule has 0 spiro atoms. The van der Waals surface area contributed by atoms with Crippen LogP contribution in [-0.4, -0.2) is 35.6 Å². The molecule has 0 atom stereocenters. The third-order valence-corrected chi connectivity index (χ3v) is 5.26. The number of amides is 2. The number of rotatable bonds is 4. The van der Waals surface area contributed by atoms with Crippen LogP contribution >= 0.6 is 0 Å². The molecule has 2 N–H and O–H groups in total. The molecular formula is C22H28N6O. The van der Waals surface area contributed by atoms with E-state index in [4.69, 9.17) is 0 Å². The Morgan fingerprint density at radius 1 is 1.17 bits per heavy atom. The van der Waals surface area contributed by atoms with Crippen LogP contribution < -0.4 is 15.5 Å². The Hall–Kier alpha value is -3.14. The van der Waals surface area contributed by atoms with E-state index in [1.807, 2.05) is 24.3 Å². The van der Waals surface area contributed by atoms with Gasteiger partial charge in [0.25, 0.3) is 0 Å². The molecule has 29 heavy (non-hydrogen) atoms. The minimum atomic E-state index is -0.184. The van der Waals surface area contributed by atoms with E-state index in [9.17, 15) is 10.1 Å². The van der Waals surface area contributed by atoms with Crippen molar-refractivity contribution in [2.24, 2.45) is 5.92 Å². The predicted molar refractivity (Wildman–Crippen MR) is 114 cm³/mol. The number of urea groups is 1. The molecule has 2 amide bonds. The number of nitrogens with one attached hydrogen (secondary N) is 2. The smallest absolute Gasteiger partial charge is 0.319 e. The van der Waals surface area contributed by atoms with E-state index in [1.165, 1.54) is 11.8 Å². The maximum Gasteiger partial charge on any atom is 0.319 e. The highest BCUT2D eigenvalue weighted by molar-refractivity contribution is 5.89. The van der Waals surface area contributed by atoms with E-state index in [0.29, 0.717) is 24.0 Å². The van der Waals surface area contributed by atoms with E-state index < -0.39 is 0 Å². The lowest BCUT2D eigenvalue weighted by atomic mass is 9.87. The average molecular weight is 393 g/mol. The molecule has 1 aromatic heterocycles. The van der Waals surface area contributed by atoms with Crippen LogP contribution in [0.2, 0.25) is 0 Å². The largest absolute Gasteiger partial charge is 0.354 e. The van der Waals surface area contributed by atoms with Crippen molar-refractivity contribution in [1.82, 2.24) is 15.3 Å². The molecule has 2 aromatic rings. The third-order valence-electron chi connectivity index (χ3n) is 5.26. The number of carbonyl (C=O) groups excluding carboxylic acids is 1. The molecule has 1 fully saturated rings. The van der Waals surface area contributed by atoms with Crippen LogP contribution in [0.5, 0.6) is 0 Å². The van der Waals surface area contributed by atoms with Gasteiger partial charge >= 0.3 is 6.03 Å². The second-order valence-electron chi connectivity index (χ2n) is 8.43. The maximum atomic E-state index is 12.2. The molecule has 1 aliphatic rings. The molecule has 0 aliphatic carbocycles. The van der Waals surface area contributed by atoms with Crippen molar-refractivity contribution in [2.45, 2.75) is 39.0 Å². The minimum Gasteiger partial charge on any atom is -0.354 e. The van der Waals surface area contributed by atoms with Gasteiger partial charge in [-0.2, -0.15) is 5.26 Å². The molecule has 3 rings (SSSR count). The molecule has 0 bridgehead atoms. The lowest BCUT2D eigenvalue weighted by Crippen LogP contribution is -2.40. The fraction of sp³-hybridized carbons (Fsp3) is 0.455. The normalized spacial score (nSPS) is 14.9. The highest BCUT2D eigenvalue weighted by atomic mass is 16.2. The summed E-state index contributed by atoms with van der Waals surface area (Å²) in [6.07, 6.45) is 5.01. The van der Waals surface area contributed by atoms with E-state index in [1.54, 1.807) is 6.20 Å². The predicted octanol–water partition coefficient (Wildman–Crippen LogP) is 3.68. The van der Waals surface area contributed by atoms with Crippen LogP contribution in [0.3, 0.4) is 0 Å². The second kappa shape index (κ2) is 8.91. The quantitative estimate of drug-likeness (QED) is 0.828. The molecule has 0 saturated carbocycles. The van der Waals surface area contributed by atoms with Gasteiger partial charge in [0, 0.05) is 37.7 Å². The topological polar surface area (TPSA) is 93.9 Å². The number of aromatic nitrogens is 2. The van der Waals surface area contributed by atoms with Gasteiger partial charge in [-0.05, 0) is 41.9 Å². The minimum absolute atomic E-state index is 0.0923. The number of benzene rings is 1.